The summed E-state index contributed by atoms with van der Waals surface area (Å²) in [6.45, 7) is 0.961. The highest BCUT2D eigenvalue weighted by atomic mass is 79.9. The van der Waals surface area contributed by atoms with E-state index in [0.29, 0.717) is 11.4 Å². The highest BCUT2D eigenvalue weighted by Crippen LogP contribution is 2.47. The molecule has 0 N–H and O–H groups in total. The molecule has 86 valence electrons. The second-order valence-corrected chi connectivity index (χ2v) is 6.66. The molecule has 0 aromatic heterocycles. The molecule has 2 fully saturated rings. The normalized spacial score (nSPS) is 33.7. The fraction of sp³-hybridized carbons (Fsp3) is 0.538. The van der Waals surface area contributed by atoms with Crippen LogP contribution in [0, 0.1) is 5.92 Å². The fourth-order valence-corrected chi connectivity index (χ4v) is 4.53. The van der Waals surface area contributed by atoms with Crippen molar-refractivity contribution in [2.24, 2.45) is 5.92 Å². The van der Waals surface area contributed by atoms with Crippen molar-refractivity contribution in [2.45, 2.75) is 24.2 Å². The number of halogens is 1. The van der Waals surface area contributed by atoms with Gasteiger partial charge in [-0.1, -0.05) is 28.1 Å². The minimum Gasteiger partial charge on any atom is -0.378 e. The first kappa shape index (κ1) is 11.1. The van der Waals surface area contributed by atoms with Crippen LogP contribution in [0.3, 0.4) is 0 Å². The molecule has 0 spiro atoms. The van der Waals surface area contributed by atoms with E-state index in [1.165, 1.54) is 24.2 Å². The molecule has 1 aromatic carbocycles. The van der Waals surface area contributed by atoms with E-state index in [4.69, 9.17) is 4.74 Å². The van der Waals surface area contributed by atoms with Crippen molar-refractivity contribution in [3.63, 3.8) is 0 Å². The third-order valence-electron chi connectivity index (χ3n) is 3.55. The molecule has 2 heterocycles. The van der Waals surface area contributed by atoms with Crippen LogP contribution in [0.15, 0.2) is 28.7 Å². The van der Waals surface area contributed by atoms with Gasteiger partial charge in [0.05, 0.1) is 6.10 Å². The maximum Gasteiger partial charge on any atom is 0.0625 e. The predicted octanol–water partition coefficient (Wildman–Crippen LogP) is 4.03. The molecule has 0 aliphatic carbocycles. The molecule has 0 saturated carbocycles. The minimum atomic E-state index is 0.523. The van der Waals surface area contributed by atoms with Crippen LogP contribution in [-0.4, -0.2) is 18.5 Å². The predicted molar refractivity (Wildman–Crippen MR) is 71.8 cm³/mol. The fourth-order valence-electron chi connectivity index (χ4n) is 2.74. The Labute approximate surface area is 109 Å². The number of benzene rings is 1. The van der Waals surface area contributed by atoms with E-state index >= 15 is 0 Å². The Morgan fingerprint density at radius 1 is 1.19 bits per heavy atom. The van der Waals surface area contributed by atoms with Crippen LogP contribution in [0.2, 0.25) is 0 Å². The van der Waals surface area contributed by atoms with Gasteiger partial charge < -0.3 is 4.74 Å². The Balaban J connectivity index is 1.85. The van der Waals surface area contributed by atoms with Crippen LogP contribution in [0.5, 0.6) is 0 Å². The standard InChI is InChI=1S/C13H15BrOS/c14-10-3-1-9(2-4-10)13-11-5-7-15-12(11)6-8-16-13/h1-4,11-13H,5-8H2/t11-,12+,13?/m1/s1. The van der Waals surface area contributed by atoms with Gasteiger partial charge in [-0.25, -0.2) is 0 Å². The molecule has 2 saturated heterocycles. The van der Waals surface area contributed by atoms with E-state index in [-0.39, 0.29) is 0 Å². The average Bonchev–Trinajstić information content (AvgIpc) is 2.78. The first-order valence-corrected chi connectivity index (χ1v) is 7.67. The Morgan fingerprint density at radius 3 is 2.81 bits per heavy atom. The van der Waals surface area contributed by atoms with Crippen LogP contribution in [0.4, 0.5) is 0 Å². The molecule has 1 aromatic rings. The second kappa shape index (κ2) is 4.71. The van der Waals surface area contributed by atoms with Crippen molar-refractivity contribution in [1.82, 2.24) is 0 Å². The zero-order valence-electron chi connectivity index (χ0n) is 9.06. The van der Waals surface area contributed by atoms with Crippen LogP contribution >= 0.6 is 27.7 Å². The lowest BCUT2D eigenvalue weighted by molar-refractivity contribution is 0.0850. The molecule has 2 aliphatic heterocycles. The third kappa shape index (κ3) is 2.05. The summed E-state index contributed by atoms with van der Waals surface area (Å²) in [5.74, 6) is 1.97. The summed E-state index contributed by atoms with van der Waals surface area (Å²) in [5.41, 5.74) is 1.47. The van der Waals surface area contributed by atoms with E-state index in [1.807, 2.05) is 0 Å². The number of fused-ring (bicyclic) bond motifs is 1. The van der Waals surface area contributed by atoms with Gasteiger partial charge in [-0.3, -0.25) is 0 Å². The van der Waals surface area contributed by atoms with Gasteiger partial charge in [-0.2, -0.15) is 11.8 Å². The van der Waals surface area contributed by atoms with Crippen molar-refractivity contribution in [1.29, 1.82) is 0 Å². The maximum absolute atomic E-state index is 5.81. The molecule has 2 aliphatic rings. The molecule has 3 atom stereocenters. The van der Waals surface area contributed by atoms with Crippen molar-refractivity contribution < 1.29 is 4.74 Å². The quantitative estimate of drug-likeness (QED) is 0.774. The summed E-state index contributed by atoms with van der Waals surface area (Å²) in [7, 11) is 0. The molecule has 0 bridgehead atoms. The van der Waals surface area contributed by atoms with Gasteiger partial charge in [0.15, 0.2) is 0 Å². The summed E-state index contributed by atoms with van der Waals surface area (Å²) < 4.78 is 6.97. The number of hydrogen-bond donors (Lipinski definition) is 0. The van der Waals surface area contributed by atoms with Gasteiger partial charge in [0.1, 0.15) is 0 Å². The van der Waals surface area contributed by atoms with E-state index in [2.05, 4.69) is 52.0 Å². The van der Waals surface area contributed by atoms with Gasteiger partial charge in [-0.05, 0) is 36.3 Å². The zero-order valence-corrected chi connectivity index (χ0v) is 11.5. The Bertz CT molecular complexity index is 365. The summed E-state index contributed by atoms with van der Waals surface area (Å²) in [6, 6.07) is 8.80. The minimum absolute atomic E-state index is 0.523. The number of thioether (sulfide) groups is 1. The average molecular weight is 299 g/mol. The Hall–Kier alpha value is 0.01000. The van der Waals surface area contributed by atoms with E-state index < -0.39 is 0 Å². The molecule has 3 heteroatoms. The van der Waals surface area contributed by atoms with Crippen molar-refractivity contribution >= 4 is 27.7 Å². The molecule has 0 radical (unpaired) electrons. The highest BCUT2D eigenvalue weighted by molar-refractivity contribution is 9.10. The first-order valence-electron chi connectivity index (χ1n) is 5.83. The van der Waals surface area contributed by atoms with Gasteiger partial charge in [-0.15, -0.1) is 0 Å². The summed E-state index contributed by atoms with van der Waals surface area (Å²) in [4.78, 5) is 0. The van der Waals surface area contributed by atoms with Crippen LogP contribution in [-0.2, 0) is 4.74 Å². The molecule has 1 unspecified atom stereocenters. The van der Waals surface area contributed by atoms with Crippen LogP contribution < -0.4 is 0 Å². The van der Waals surface area contributed by atoms with Crippen LogP contribution in [0.1, 0.15) is 23.7 Å². The first-order chi connectivity index (χ1) is 7.84. The van der Waals surface area contributed by atoms with Crippen molar-refractivity contribution in [3.05, 3.63) is 34.3 Å². The van der Waals surface area contributed by atoms with Crippen molar-refractivity contribution in [2.75, 3.05) is 12.4 Å². The van der Waals surface area contributed by atoms with Crippen LogP contribution in [0.25, 0.3) is 0 Å². The van der Waals surface area contributed by atoms with E-state index in [0.717, 1.165) is 17.0 Å². The summed E-state index contributed by atoms with van der Waals surface area (Å²) in [6.07, 6.45) is 3.00. The third-order valence-corrected chi connectivity index (χ3v) is 5.53. The molecule has 3 rings (SSSR count). The maximum atomic E-state index is 5.81. The van der Waals surface area contributed by atoms with Gasteiger partial charge in [0.25, 0.3) is 0 Å². The lowest BCUT2D eigenvalue weighted by atomic mass is 9.91. The SMILES string of the molecule is Brc1ccc(C2SCC[C@@H]3OCC[C@@H]23)cc1. The lowest BCUT2D eigenvalue weighted by Crippen LogP contribution is -2.26. The van der Waals surface area contributed by atoms with Gasteiger partial charge in [0.2, 0.25) is 0 Å². The Kier molecular flexibility index (Phi) is 3.27. The number of rotatable bonds is 1. The van der Waals surface area contributed by atoms with Gasteiger partial charge >= 0.3 is 0 Å². The zero-order chi connectivity index (χ0) is 11.0. The summed E-state index contributed by atoms with van der Waals surface area (Å²) in [5, 5.41) is 0.648. The number of hydrogen-bond acceptors (Lipinski definition) is 2. The molecular weight excluding hydrogens is 284 g/mol. The molecule has 16 heavy (non-hydrogen) atoms. The second-order valence-electron chi connectivity index (χ2n) is 4.49. The summed E-state index contributed by atoms with van der Waals surface area (Å²) >= 11 is 5.60. The van der Waals surface area contributed by atoms with Gasteiger partial charge in [0, 0.05) is 22.2 Å². The largest absolute Gasteiger partial charge is 0.378 e. The van der Waals surface area contributed by atoms with E-state index in [1.54, 1.807) is 0 Å². The topological polar surface area (TPSA) is 9.23 Å². The Morgan fingerprint density at radius 2 is 2.00 bits per heavy atom. The molecular formula is C13H15BrOS. The monoisotopic (exact) mass is 298 g/mol. The van der Waals surface area contributed by atoms with Crippen molar-refractivity contribution in [3.8, 4) is 0 Å². The molecule has 1 nitrogen and oxygen atoms in total. The van der Waals surface area contributed by atoms with E-state index in [9.17, 15) is 0 Å². The number of ether oxygens (including phenoxy) is 1. The highest BCUT2D eigenvalue weighted by Gasteiger charge is 2.38. The molecule has 0 amide bonds. The smallest absolute Gasteiger partial charge is 0.0625 e. The lowest BCUT2D eigenvalue weighted by Gasteiger charge is -2.32.